The molecule has 3 rings (SSSR count). The van der Waals surface area contributed by atoms with E-state index in [4.69, 9.17) is 0 Å². The van der Waals surface area contributed by atoms with Crippen molar-refractivity contribution in [1.82, 2.24) is 25.5 Å². The van der Waals surface area contributed by atoms with Crippen LogP contribution in [0.25, 0.3) is 10.9 Å². The van der Waals surface area contributed by atoms with Crippen LogP contribution >= 0.6 is 0 Å². The Kier molecular flexibility index (Phi) is 3.23. The van der Waals surface area contributed by atoms with Crippen LogP contribution in [0.4, 0.5) is 0 Å². The number of carbonyl (C=O) groups excluding carboxylic acids is 1. The molecule has 1 aromatic carbocycles. The van der Waals surface area contributed by atoms with Crippen LogP contribution in [-0.4, -0.2) is 26.1 Å². The number of pyridine rings is 1. The second-order valence-electron chi connectivity index (χ2n) is 4.66. The molecule has 7 nitrogen and oxygen atoms in total. The normalized spacial score (nSPS) is 12.2. The van der Waals surface area contributed by atoms with Gasteiger partial charge in [-0.05, 0) is 13.0 Å². The molecule has 1 amide bonds. The Balaban J connectivity index is 1.96. The molecule has 0 radical (unpaired) electrons. The molecule has 0 saturated heterocycles. The first-order valence-electron chi connectivity index (χ1n) is 6.43. The highest BCUT2D eigenvalue weighted by Crippen LogP contribution is 2.15. The molecule has 3 aromatic rings. The maximum Gasteiger partial charge on any atom is 0.252 e. The van der Waals surface area contributed by atoms with Crippen LogP contribution in [0, 0.1) is 0 Å². The van der Waals surface area contributed by atoms with Crippen LogP contribution < -0.4 is 10.9 Å². The summed E-state index contributed by atoms with van der Waals surface area (Å²) in [6.07, 6.45) is 1.38. The molecule has 21 heavy (non-hydrogen) atoms. The van der Waals surface area contributed by atoms with E-state index in [2.05, 4.69) is 25.5 Å². The van der Waals surface area contributed by atoms with Gasteiger partial charge < -0.3 is 10.3 Å². The fourth-order valence-electron chi connectivity index (χ4n) is 2.16. The molecule has 7 heteroatoms. The van der Waals surface area contributed by atoms with Crippen LogP contribution in [0.15, 0.2) is 41.5 Å². The van der Waals surface area contributed by atoms with Gasteiger partial charge in [0.05, 0.1) is 11.6 Å². The molecule has 0 aliphatic carbocycles. The van der Waals surface area contributed by atoms with Gasteiger partial charge in [0.1, 0.15) is 12.2 Å². The molecule has 0 aliphatic heterocycles. The molecule has 0 fully saturated rings. The average Bonchev–Trinajstić information content (AvgIpc) is 3.00. The third kappa shape index (κ3) is 2.53. The van der Waals surface area contributed by atoms with Crippen molar-refractivity contribution in [2.45, 2.75) is 13.0 Å². The largest absolute Gasteiger partial charge is 0.342 e. The quantitative estimate of drug-likeness (QED) is 0.670. The molecular weight excluding hydrogens is 270 g/mol. The number of amides is 1. The number of para-hydroxylation sites is 1. The van der Waals surface area contributed by atoms with E-state index in [1.54, 1.807) is 25.1 Å². The van der Waals surface area contributed by atoms with Crippen molar-refractivity contribution in [3.8, 4) is 0 Å². The number of hydrogen-bond donors (Lipinski definition) is 3. The van der Waals surface area contributed by atoms with Crippen molar-refractivity contribution in [3.05, 3.63) is 58.4 Å². The lowest BCUT2D eigenvalue weighted by atomic mass is 10.1. The zero-order chi connectivity index (χ0) is 14.8. The van der Waals surface area contributed by atoms with Gasteiger partial charge in [-0.25, -0.2) is 4.98 Å². The first-order chi connectivity index (χ1) is 10.1. The van der Waals surface area contributed by atoms with Gasteiger partial charge in [0.15, 0.2) is 0 Å². The molecule has 0 bridgehead atoms. The van der Waals surface area contributed by atoms with Gasteiger partial charge in [0.2, 0.25) is 5.56 Å². The van der Waals surface area contributed by atoms with E-state index >= 15 is 0 Å². The topological polar surface area (TPSA) is 104 Å². The number of carbonyl (C=O) groups is 1. The van der Waals surface area contributed by atoms with Gasteiger partial charge in [0.25, 0.3) is 5.91 Å². The molecule has 0 saturated carbocycles. The number of nitrogens with one attached hydrogen (secondary N) is 3. The number of benzene rings is 1. The van der Waals surface area contributed by atoms with E-state index in [9.17, 15) is 9.59 Å². The summed E-state index contributed by atoms with van der Waals surface area (Å²) >= 11 is 0. The van der Waals surface area contributed by atoms with Crippen LogP contribution in [0.3, 0.4) is 0 Å². The Morgan fingerprint density at radius 1 is 1.33 bits per heavy atom. The second-order valence-corrected chi connectivity index (χ2v) is 4.66. The molecule has 1 atom stereocenters. The zero-order valence-electron chi connectivity index (χ0n) is 11.3. The summed E-state index contributed by atoms with van der Waals surface area (Å²) in [6, 6.07) is 8.13. The van der Waals surface area contributed by atoms with E-state index in [0.29, 0.717) is 22.3 Å². The Labute approximate surface area is 119 Å². The molecule has 0 spiro atoms. The Morgan fingerprint density at radius 2 is 2.14 bits per heavy atom. The number of aromatic nitrogens is 4. The van der Waals surface area contributed by atoms with Crippen molar-refractivity contribution in [1.29, 1.82) is 0 Å². The molecule has 106 valence electrons. The Morgan fingerprint density at radius 3 is 2.90 bits per heavy atom. The van der Waals surface area contributed by atoms with Gasteiger partial charge in [-0.15, -0.1) is 0 Å². The van der Waals surface area contributed by atoms with E-state index in [-0.39, 0.29) is 17.5 Å². The average molecular weight is 283 g/mol. The minimum absolute atomic E-state index is 0.314. The smallest absolute Gasteiger partial charge is 0.252 e. The van der Waals surface area contributed by atoms with Crippen LogP contribution in [0.1, 0.15) is 29.1 Å². The van der Waals surface area contributed by atoms with Gasteiger partial charge in [-0.1, -0.05) is 18.2 Å². The van der Waals surface area contributed by atoms with E-state index in [0.717, 1.165) is 0 Å². The zero-order valence-corrected chi connectivity index (χ0v) is 11.3. The number of nitrogens with zero attached hydrogens (tertiary/aromatic N) is 2. The number of H-pyrrole nitrogens is 2. The summed E-state index contributed by atoms with van der Waals surface area (Å²) in [5.74, 6) is 0.221. The van der Waals surface area contributed by atoms with E-state index in [1.165, 1.54) is 12.4 Å². The third-order valence-corrected chi connectivity index (χ3v) is 3.19. The molecule has 1 unspecified atom stereocenters. The second kappa shape index (κ2) is 5.20. The van der Waals surface area contributed by atoms with Crippen molar-refractivity contribution in [3.63, 3.8) is 0 Å². The van der Waals surface area contributed by atoms with Gasteiger partial charge in [-0.3, -0.25) is 14.7 Å². The first kappa shape index (κ1) is 13.0. The van der Waals surface area contributed by atoms with Crippen molar-refractivity contribution < 1.29 is 4.79 Å². The number of hydrogen-bond acceptors (Lipinski definition) is 4. The fraction of sp³-hybridized carbons (Fsp3) is 0.143. The predicted octanol–water partition coefficient (Wildman–Crippen LogP) is 1.14. The minimum Gasteiger partial charge on any atom is -0.342 e. The van der Waals surface area contributed by atoms with Crippen LogP contribution in [0.2, 0.25) is 0 Å². The van der Waals surface area contributed by atoms with E-state index < -0.39 is 0 Å². The Hall–Kier alpha value is -2.96. The van der Waals surface area contributed by atoms with Crippen LogP contribution in [-0.2, 0) is 0 Å². The maximum absolute atomic E-state index is 12.4. The summed E-state index contributed by atoms with van der Waals surface area (Å²) in [5.41, 5.74) is 0.648. The molecular formula is C14H13N5O2. The van der Waals surface area contributed by atoms with Crippen molar-refractivity contribution in [2.75, 3.05) is 0 Å². The van der Waals surface area contributed by atoms with Gasteiger partial charge in [-0.2, -0.15) is 5.10 Å². The standard InChI is InChI=1S/C14H13N5O2/c1-8(13-15-7-16-19-13)17-14(21)10-6-12(20)18-11-5-3-2-4-9(10)11/h2-8H,1H3,(H,17,21)(H,18,20)(H,15,16,19). The summed E-state index contributed by atoms with van der Waals surface area (Å²) in [7, 11) is 0. The molecule has 0 aliphatic rings. The highest BCUT2D eigenvalue weighted by molar-refractivity contribution is 6.06. The highest BCUT2D eigenvalue weighted by atomic mass is 16.2. The SMILES string of the molecule is CC(NC(=O)c1cc(=O)[nH]c2ccccc12)c1ncn[nH]1. The van der Waals surface area contributed by atoms with Crippen molar-refractivity contribution in [2.24, 2.45) is 0 Å². The molecule has 3 N–H and O–H groups in total. The lowest BCUT2D eigenvalue weighted by Gasteiger charge is -2.12. The summed E-state index contributed by atoms with van der Waals surface area (Å²) in [4.78, 5) is 30.7. The van der Waals surface area contributed by atoms with Gasteiger partial charge in [0, 0.05) is 17.0 Å². The number of aromatic amines is 2. The number of rotatable bonds is 3. The predicted molar refractivity (Wildman–Crippen MR) is 76.8 cm³/mol. The summed E-state index contributed by atoms with van der Waals surface area (Å²) in [6.45, 7) is 1.79. The maximum atomic E-state index is 12.4. The fourth-order valence-corrected chi connectivity index (χ4v) is 2.16. The lowest BCUT2D eigenvalue weighted by molar-refractivity contribution is 0.0940. The third-order valence-electron chi connectivity index (χ3n) is 3.19. The highest BCUT2D eigenvalue weighted by Gasteiger charge is 2.16. The first-order valence-corrected chi connectivity index (χ1v) is 6.43. The summed E-state index contributed by atoms with van der Waals surface area (Å²) in [5, 5.41) is 9.93. The summed E-state index contributed by atoms with van der Waals surface area (Å²) < 4.78 is 0. The lowest BCUT2D eigenvalue weighted by Crippen LogP contribution is -2.28. The molecule has 2 aromatic heterocycles. The minimum atomic E-state index is -0.335. The molecule has 2 heterocycles. The van der Waals surface area contributed by atoms with E-state index in [1.807, 2.05) is 6.07 Å². The number of fused-ring (bicyclic) bond motifs is 1. The van der Waals surface area contributed by atoms with Crippen LogP contribution in [0.5, 0.6) is 0 Å². The Bertz CT molecular complexity index is 838. The monoisotopic (exact) mass is 283 g/mol. The van der Waals surface area contributed by atoms with Gasteiger partial charge >= 0.3 is 0 Å². The van der Waals surface area contributed by atoms with Crippen molar-refractivity contribution >= 4 is 16.8 Å².